The van der Waals surface area contributed by atoms with E-state index in [1.165, 1.54) is 0 Å². The van der Waals surface area contributed by atoms with Crippen LogP contribution in [-0.4, -0.2) is 26.1 Å². The van der Waals surface area contributed by atoms with E-state index < -0.39 is 5.97 Å². The molecule has 0 aliphatic heterocycles. The molecule has 0 amide bonds. The lowest BCUT2D eigenvalue weighted by atomic mass is 10.3. The van der Waals surface area contributed by atoms with Crippen LogP contribution in [-0.2, 0) is 0 Å². The van der Waals surface area contributed by atoms with Crippen molar-refractivity contribution < 1.29 is 15.3 Å². The number of alkyl halides is 1. The van der Waals surface area contributed by atoms with E-state index in [9.17, 15) is 0 Å². The van der Waals surface area contributed by atoms with Gasteiger partial charge in [0.15, 0.2) is 0 Å². The number of allylic oxidation sites excluding steroid dienone is 1. The highest BCUT2D eigenvalue weighted by molar-refractivity contribution is 9.15. The topological polar surface area (TPSA) is 60.7 Å². The highest BCUT2D eigenvalue weighted by Gasteiger charge is 2.27. The molecule has 0 radical (unpaired) electrons. The first-order valence-electron chi connectivity index (χ1n) is 3.17. The summed E-state index contributed by atoms with van der Waals surface area (Å²) >= 11 is 9.24. The third-order valence-electron chi connectivity index (χ3n) is 1.14. The molecule has 0 aliphatic carbocycles. The van der Waals surface area contributed by atoms with Crippen molar-refractivity contribution >= 4 is 47.8 Å². The summed E-state index contributed by atoms with van der Waals surface area (Å²) in [7, 11) is 0. The second kappa shape index (κ2) is 5.07. The largest absolute Gasteiger partial charge is 0.339 e. The lowest BCUT2D eigenvalue weighted by Crippen LogP contribution is -2.28. The Morgan fingerprint density at radius 1 is 1.33 bits per heavy atom. The summed E-state index contributed by atoms with van der Waals surface area (Å²) in [5.74, 6) is -2.82. The van der Waals surface area contributed by atoms with Crippen molar-refractivity contribution in [2.75, 3.05) is 0 Å². The van der Waals surface area contributed by atoms with Gasteiger partial charge in [0.2, 0.25) is 0 Å². The zero-order chi connectivity index (χ0) is 9.94. The van der Waals surface area contributed by atoms with E-state index in [-0.39, 0.29) is 9.31 Å². The predicted molar refractivity (Wildman–Crippen MR) is 57.3 cm³/mol. The zero-order valence-corrected chi connectivity index (χ0v) is 11.0. The van der Waals surface area contributed by atoms with Gasteiger partial charge in [0.1, 0.15) is 0 Å². The van der Waals surface area contributed by atoms with Crippen LogP contribution in [0.5, 0.6) is 0 Å². The van der Waals surface area contributed by atoms with Crippen molar-refractivity contribution in [2.45, 2.75) is 24.1 Å². The third kappa shape index (κ3) is 3.85. The van der Waals surface area contributed by atoms with E-state index >= 15 is 0 Å². The lowest BCUT2D eigenvalue weighted by molar-refractivity contribution is -0.275. The minimum Gasteiger partial charge on any atom is -0.339 e. The van der Waals surface area contributed by atoms with E-state index in [1.54, 1.807) is 0 Å². The van der Waals surface area contributed by atoms with Crippen LogP contribution < -0.4 is 0 Å². The Morgan fingerprint density at radius 2 is 1.75 bits per heavy atom. The zero-order valence-electron chi connectivity index (χ0n) is 6.26. The molecule has 72 valence electrons. The van der Waals surface area contributed by atoms with Crippen molar-refractivity contribution in [1.82, 2.24) is 0 Å². The summed E-state index contributed by atoms with van der Waals surface area (Å²) in [5, 5.41) is 26.3. The molecule has 1 atom stereocenters. The van der Waals surface area contributed by atoms with Gasteiger partial charge in [0.05, 0.1) is 4.48 Å². The molecule has 0 aromatic heterocycles. The maximum Gasteiger partial charge on any atom is 0.312 e. The molecular formula is C6H9Br3O3. The molecule has 0 heterocycles. The van der Waals surface area contributed by atoms with Crippen molar-refractivity contribution in [1.29, 1.82) is 0 Å². The van der Waals surface area contributed by atoms with Crippen LogP contribution in [0.15, 0.2) is 8.96 Å². The number of aliphatic hydroxyl groups is 3. The summed E-state index contributed by atoms with van der Waals surface area (Å²) in [6, 6.07) is 0. The van der Waals surface area contributed by atoms with Gasteiger partial charge in [0.25, 0.3) is 0 Å². The summed E-state index contributed by atoms with van der Waals surface area (Å²) in [6.07, 6.45) is 0.756. The second-order valence-corrected chi connectivity index (χ2v) is 4.93. The van der Waals surface area contributed by atoms with Crippen molar-refractivity contribution in [3.8, 4) is 0 Å². The van der Waals surface area contributed by atoms with E-state index in [4.69, 9.17) is 15.3 Å². The van der Waals surface area contributed by atoms with Crippen LogP contribution in [0.25, 0.3) is 0 Å². The molecule has 3 N–H and O–H groups in total. The Morgan fingerprint density at radius 3 is 2.00 bits per heavy atom. The maximum atomic E-state index is 8.76. The Hall–Kier alpha value is 1.06. The molecule has 0 aliphatic rings. The van der Waals surface area contributed by atoms with E-state index in [1.807, 2.05) is 6.92 Å². The first kappa shape index (κ1) is 13.1. The van der Waals surface area contributed by atoms with E-state index in [0.29, 0.717) is 4.48 Å². The minimum absolute atomic E-state index is 0.0577. The lowest BCUT2D eigenvalue weighted by Gasteiger charge is -2.17. The molecule has 0 saturated heterocycles. The summed E-state index contributed by atoms with van der Waals surface area (Å²) in [4.78, 5) is -0.0577. The van der Waals surface area contributed by atoms with Crippen LogP contribution in [0.1, 0.15) is 13.3 Å². The molecule has 1 unspecified atom stereocenters. The monoisotopic (exact) mass is 366 g/mol. The molecule has 0 spiro atoms. The highest BCUT2D eigenvalue weighted by Crippen LogP contribution is 2.32. The SMILES string of the molecule is CCC(Br)/C(Br)=C(\Br)C(O)(O)O. The van der Waals surface area contributed by atoms with Gasteiger partial charge in [-0.15, -0.1) is 0 Å². The molecule has 0 saturated carbocycles. The fraction of sp³-hybridized carbons (Fsp3) is 0.667. The molecule has 12 heavy (non-hydrogen) atoms. The van der Waals surface area contributed by atoms with Gasteiger partial charge in [0, 0.05) is 9.31 Å². The van der Waals surface area contributed by atoms with Crippen molar-refractivity contribution in [3.63, 3.8) is 0 Å². The fourth-order valence-electron chi connectivity index (χ4n) is 0.477. The summed E-state index contributed by atoms with van der Waals surface area (Å²) in [6.45, 7) is 1.91. The van der Waals surface area contributed by atoms with Crippen molar-refractivity contribution in [2.24, 2.45) is 0 Å². The van der Waals surface area contributed by atoms with Gasteiger partial charge in [-0.3, -0.25) is 0 Å². The van der Waals surface area contributed by atoms with Gasteiger partial charge < -0.3 is 15.3 Å². The molecule has 0 aromatic rings. The smallest absolute Gasteiger partial charge is 0.312 e. The Bertz CT molecular complexity index is 185. The fourth-order valence-corrected chi connectivity index (χ4v) is 1.88. The molecule has 0 bridgehead atoms. The van der Waals surface area contributed by atoms with Gasteiger partial charge in [-0.1, -0.05) is 38.8 Å². The minimum atomic E-state index is -2.82. The second-order valence-electron chi connectivity index (χ2n) is 2.17. The van der Waals surface area contributed by atoms with Gasteiger partial charge in [-0.2, -0.15) is 0 Å². The quantitative estimate of drug-likeness (QED) is 0.526. The third-order valence-corrected chi connectivity index (χ3v) is 5.30. The Kier molecular flexibility index (Phi) is 5.52. The van der Waals surface area contributed by atoms with E-state index in [2.05, 4.69) is 47.8 Å². The number of rotatable bonds is 3. The van der Waals surface area contributed by atoms with Gasteiger partial charge in [-0.25, -0.2) is 0 Å². The van der Waals surface area contributed by atoms with Crippen LogP contribution in [0.4, 0.5) is 0 Å². The maximum absolute atomic E-state index is 8.76. The number of halogens is 3. The molecule has 3 nitrogen and oxygen atoms in total. The highest BCUT2D eigenvalue weighted by atomic mass is 79.9. The Balaban J connectivity index is 4.69. The van der Waals surface area contributed by atoms with E-state index in [0.717, 1.165) is 6.42 Å². The van der Waals surface area contributed by atoms with Gasteiger partial charge >= 0.3 is 5.97 Å². The van der Waals surface area contributed by atoms with Gasteiger partial charge in [-0.05, 0) is 22.4 Å². The normalized spacial score (nSPS) is 17.2. The van der Waals surface area contributed by atoms with Crippen LogP contribution in [0.2, 0.25) is 0 Å². The average molecular weight is 369 g/mol. The van der Waals surface area contributed by atoms with Crippen LogP contribution in [0.3, 0.4) is 0 Å². The first-order valence-corrected chi connectivity index (χ1v) is 5.67. The summed E-state index contributed by atoms with van der Waals surface area (Å²) in [5.41, 5.74) is 0. The first-order chi connectivity index (χ1) is 5.30. The van der Waals surface area contributed by atoms with Crippen LogP contribution in [0, 0.1) is 0 Å². The summed E-state index contributed by atoms with van der Waals surface area (Å²) < 4.78 is 0.372. The standard InChI is InChI=1S/C6H9Br3O3/c1-2-3(7)4(8)5(9)6(10,11)12/h3,10-12H,2H2,1H3/b5-4+. The van der Waals surface area contributed by atoms with Crippen molar-refractivity contribution in [3.05, 3.63) is 8.96 Å². The molecule has 6 heteroatoms. The molecule has 0 aromatic carbocycles. The predicted octanol–water partition coefficient (Wildman–Crippen LogP) is 1.79. The Labute approximate surface area is 95.9 Å². The molecular weight excluding hydrogens is 360 g/mol. The molecule has 0 fully saturated rings. The molecule has 0 rings (SSSR count). The van der Waals surface area contributed by atoms with Crippen LogP contribution >= 0.6 is 47.8 Å². The number of hydrogen-bond acceptors (Lipinski definition) is 3. The number of hydrogen-bond donors (Lipinski definition) is 3. The average Bonchev–Trinajstić information content (AvgIpc) is 1.98.